The fraction of sp³-hybridized carbons (Fsp3) is 0.300. The van der Waals surface area contributed by atoms with Crippen LogP contribution in [0.25, 0.3) is 0 Å². The number of nitrogens with zero attached hydrogens (tertiary/aromatic N) is 1. The number of rotatable bonds is 2. The molecule has 2 aromatic rings. The number of carbonyl (C=O) groups excluding carboxylic acids is 1. The fourth-order valence-corrected chi connectivity index (χ4v) is 4.07. The number of aliphatic imine (C=N–C) groups is 1. The van der Waals surface area contributed by atoms with E-state index >= 15 is 0 Å². The van der Waals surface area contributed by atoms with E-state index in [2.05, 4.69) is 10.3 Å². The number of methoxy groups -OCH3 is 1. The van der Waals surface area contributed by atoms with Crippen molar-refractivity contribution >= 4 is 11.7 Å². The molecule has 0 saturated carbocycles. The van der Waals surface area contributed by atoms with Gasteiger partial charge in [-0.15, -0.1) is 0 Å². The molecule has 6 heteroatoms. The number of urea groups is 1. The molecule has 2 heterocycles. The maximum Gasteiger partial charge on any atom is 0.341 e. The zero-order valence-corrected chi connectivity index (χ0v) is 14.3. The molecule has 2 amide bonds. The van der Waals surface area contributed by atoms with Gasteiger partial charge in [-0.1, -0.05) is 6.07 Å². The fourth-order valence-electron chi connectivity index (χ4n) is 4.07. The van der Waals surface area contributed by atoms with Crippen LogP contribution in [0.15, 0.2) is 41.4 Å². The van der Waals surface area contributed by atoms with Crippen LogP contribution in [-0.2, 0) is 6.42 Å². The second-order valence-corrected chi connectivity index (χ2v) is 6.71. The number of hydrogen-bond acceptors (Lipinski definition) is 4. The van der Waals surface area contributed by atoms with E-state index in [1.54, 1.807) is 7.11 Å². The van der Waals surface area contributed by atoms with Crippen molar-refractivity contribution in [2.45, 2.75) is 18.9 Å². The van der Waals surface area contributed by atoms with E-state index in [0.717, 1.165) is 46.9 Å². The zero-order valence-electron chi connectivity index (χ0n) is 14.3. The van der Waals surface area contributed by atoms with Crippen LogP contribution in [0, 0.1) is 5.92 Å². The van der Waals surface area contributed by atoms with Gasteiger partial charge >= 0.3 is 6.03 Å². The molecule has 3 aliphatic rings. The SMILES string of the molecule is COc1ccc2c(c1)CCC1C2=NC(=O)NC1c1ccc2c(c1)OCO2. The van der Waals surface area contributed by atoms with Crippen LogP contribution in [0.4, 0.5) is 4.79 Å². The van der Waals surface area contributed by atoms with Gasteiger partial charge in [0.05, 0.1) is 18.9 Å². The number of amides is 2. The molecule has 0 spiro atoms. The van der Waals surface area contributed by atoms with Gasteiger partial charge in [0.15, 0.2) is 11.5 Å². The Labute approximate surface area is 150 Å². The van der Waals surface area contributed by atoms with Gasteiger partial charge in [0.2, 0.25) is 6.79 Å². The van der Waals surface area contributed by atoms with Crippen LogP contribution < -0.4 is 19.5 Å². The minimum absolute atomic E-state index is 0.125. The summed E-state index contributed by atoms with van der Waals surface area (Å²) in [5.41, 5.74) is 4.10. The summed E-state index contributed by atoms with van der Waals surface area (Å²) in [6, 6.07) is 11.4. The van der Waals surface area contributed by atoms with E-state index in [0.29, 0.717) is 0 Å². The number of fused-ring (bicyclic) bond motifs is 4. The first-order valence-corrected chi connectivity index (χ1v) is 8.69. The second kappa shape index (κ2) is 5.76. The highest BCUT2D eigenvalue weighted by molar-refractivity contribution is 6.11. The first kappa shape index (κ1) is 15.3. The molecule has 1 aliphatic carbocycles. The average molecular weight is 350 g/mol. The van der Waals surface area contributed by atoms with E-state index in [-0.39, 0.29) is 24.8 Å². The van der Waals surface area contributed by atoms with Gasteiger partial charge in [-0.05, 0) is 59.9 Å². The van der Waals surface area contributed by atoms with Crippen LogP contribution in [0.1, 0.15) is 29.2 Å². The molecule has 26 heavy (non-hydrogen) atoms. The van der Waals surface area contributed by atoms with Crippen molar-refractivity contribution in [3.05, 3.63) is 53.1 Å². The summed E-state index contributed by atoms with van der Waals surface area (Å²) >= 11 is 0. The molecule has 2 unspecified atom stereocenters. The molecule has 0 aromatic heterocycles. The van der Waals surface area contributed by atoms with Gasteiger partial charge in [0, 0.05) is 5.92 Å². The second-order valence-electron chi connectivity index (χ2n) is 6.71. The Balaban J connectivity index is 1.55. The molecule has 2 aliphatic heterocycles. The minimum atomic E-state index is -0.303. The van der Waals surface area contributed by atoms with Crippen molar-refractivity contribution in [1.29, 1.82) is 0 Å². The monoisotopic (exact) mass is 350 g/mol. The standard InChI is InChI=1S/C20H18N2O4/c1-24-13-4-6-14-11(8-13)2-5-15-18(21-20(23)22-19(14)15)12-3-7-16-17(9-12)26-10-25-16/h3-4,6-9,15,18H,2,5,10H2,1H3,(H,21,23). The highest BCUT2D eigenvalue weighted by Crippen LogP contribution is 2.41. The Bertz CT molecular complexity index is 937. The van der Waals surface area contributed by atoms with E-state index in [9.17, 15) is 4.79 Å². The summed E-state index contributed by atoms with van der Waals surface area (Å²) in [7, 11) is 1.66. The van der Waals surface area contributed by atoms with Gasteiger partial charge in [0.1, 0.15) is 5.75 Å². The third-order valence-corrected chi connectivity index (χ3v) is 5.32. The topological polar surface area (TPSA) is 69.2 Å². The van der Waals surface area contributed by atoms with Crippen molar-refractivity contribution in [3.8, 4) is 17.2 Å². The number of carbonyl (C=O) groups is 1. The Hall–Kier alpha value is -3.02. The van der Waals surface area contributed by atoms with Crippen LogP contribution >= 0.6 is 0 Å². The molecular weight excluding hydrogens is 332 g/mol. The van der Waals surface area contributed by atoms with Gasteiger partial charge in [0.25, 0.3) is 0 Å². The first-order chi connectivity index (χ1) is 12.7. The maximum atomic E-state index is 12.3. The Morgan fingerprint density at radius 3 is 2.92 bits per heavy atom. The van der Waals surface area contributed by atoms with Crippen molar-refractivity contribution in [2.75, 3.05) is 13.9 Å². The van der Waals surface area contributed by atoms with Crippen molar-refractivity contribution < 1.29 is 19.0 Å². The van der Waals surface area contributed by atoms with E-state index < -0.39 is 0 Å². The summed E-state index contributed by atoms with van der Waals surface area (Å²) < 4.78 is 16.2. The molecule has 6 nitrogen and oxygen atoms in total. The molecule has 0 radical (unpaired) electrons. The Morgan fingerprint density at radius 2 is 2.04 bits per heavy atom. The van der Waals surface area contributed by atoms with E-state index in [1.807, 2.05) is 36.4 Å². The Kier molecular flexibility index (Phi) is 3.38. The predicted octanol–water partition coefficient (Wildman–Crippen LogP) is 3.24. The largest absolute Gasteiger partial charge is 0.497 e. The summed E-state index contributed by atoms with van der Waals surface area (Å²) in [5.74, 6) is 2.43. The summed E-state index contributed by atoms with van der Waals surface area (Å²) in [6.45, 7) is 0.237. The van der Waals surface area contributed by atoms with Gasteiger partial charge in [-0.25, -0.2) is 4.79 Å². The first-order valence-electron chi connectivity index (χ1n) is 8.69. The highest BCUT2D eigenvalue weighted by Gasteiger charge is 2.38. The molecular formula is C20H18N2O4. The number of aryl methyl sites for hydroxylation is 1. The minimum Gasteiger partial charge on any atom is -0.497 e. The molecule has 1 N–H and O–H groups in total. The quantitative estimate of drug-likeness (QED) is 0.903. The van der Waals surface area contributed by atoms with Crippen LogP contribution in [0.2, 0.25) is 0 Å². The molecule has 2 atom stereocenters. The van der Waals surface area contributed by atoms with Gasteiger partial charge < -0.3 is 19.5 Å². The van der Waals surface area contributed by atoms with Crippen LogP contribution in [0.5, 0.6) is 17.2 Å². The zero-order chi connectivity index (χ0) is 17.7. The number of benzene rings is 2. The van der Waals surface area contributed by atoms with Gasteiger partial charge in [-0.2, -0.15) is 4.99 Å². The molecule has 0 fully saturated rings. The number of hydrogen-bond donors (Lipinski definition) is 1. The Morgan fingerprint density at radius 1 is 1.15 bits per heavy atom. The normalized spacial score (nSPS) is 22.8. The third-order valence-electron chi connectivity index (χ3n) is 5.32. The third kappa shape index (κ3) is 2.33. The van der Waals surface area contributed by atoms with E-state index in [1.165, 1.54) is 5.56 Å². The molecule has 132 valence electrons. The predicted molar refractivity (Wildman–Crippen MR) is 95.2 cm³/mol. The average Bonchev–Trinajstić information content (AvgIpc) is 3.14. The maximum absolute atomic E-state index is 12.3. The summed E-state index contributed by atoms with van der Waals surface area (Å²) in [4.78, 5) is 16.6. The molecule has 0 bridgehead atoms. The lowest BCUT2D eigenvalue weighted by atomic mass is 9.75. The highest BCUT2D eigenvalue weighted by atomic mass is 16.7. The molecule has 2 aromatic carbocycles. The smallest absolute Gasteiger partial charge is 0.341 e. The lowest BCUT2D eigenvalue weighted by Gasteiger charge is -2.36. The molecule has 0 saturated heterocycles. The lowest BCUT2D eigenvalue weighted by molar-refractivity contribution is 0.174. The summed E-state index contributed by atoms with van der Waals surface area (Å²) in [6.07, 6.45) is 1.84. The van der Waals surface area contributed by atoms with E-state index in [4.69, 9.17) is 14.2 Å². The van der Waals surface area contributed by atoms with Crippen molar-refractivity contribution in [1.82, 2.24) is 5.32 Å². The number of ether oxygens (including phenoxy) is 3. The summed E-state index contributed by atoms with van der Waals surface area (Å²) in [5, 5.41) is 3.03. The van der Waals surface area contributed by atoms with Crippen molar-refractivity contribution in [2.24, 2.45) is 10.9 Å². The molecule has 5 rings (SSSR count). The lowest BCUT2D eigenvalue weighted by Crippen LogP contribution is -2.43. The van der Waals surface area contributed by atoms with Crippen molar-refractivity contribution in [3.63, 3.8) is 0 Å². The van der Waals surface area contributed by atoms with Crippen LogP contribution in [0.3, 0.4) is 0 Å². The van der Waals surface area contributed by atoms with Gasteiger partial charge in [-0.3, -0.25) is 0 Å². The van der Waals surface area contributed by atoms with Crippen LogP contribution in [-0.4, -0.2) is 25.6 Å². The number of nitrogens with one attached hydrogen (secondary N) is 1.